The van der Waals surface area contributed by atoms with Gasteiger partial charge in [-0.05, 0) is 31.0 Å². The molecule has 4 nitrogen and oxygen atoms in total. The van der Waals surface area contributed by atoms with E-state index in [0.29, 0.717) is 12.1 Å². The van der Waals surface area contributed by atoms with Gasteiger partial charge in [0.2, 0.25) is 0 Å². The van der Waals surface area contributed by atoms with Crippen molar-refractivity contribution in [1.29, 1.82) is 0 Å². The van der Waals surface area contributed by atoms with E-state index in [0.717, 1.165) is 30.6 Å². The SMILES string of the molecule is CCCCC(CN)NC(=O)c1ccc(C)c(OC)c1.Cl. The molecule has 5 heteroatoms. The molecule has 1 unspecified atom stereocenters. The smallest absolute Gasteiger partial charge is 0.251 e. The van der Waals surface area contributed by atoms with Crippen LogP contribution in [0, 0.1) is 6.92 Å². The highest BCUT2D eigenvalue weighted by Crippen LogP contribution is 2.19. The highest BCUT2D eigenvalue weighted by Gasteiger charge is 2.13. The summed E-state index contributed by atoms with van der Waals surface area (Å²) in [5.41, 5.74) is 7.30. The molecular weight excluding hydrogens is 276 g/mol. The van der Waals surface area contributed by atoms with Gasteiger partial charge in [0.25, 0.3) is 5.91 Å². The first-order chi connectivity index (χ1) is 9.12. The summed E-state index contributed by atoms with van der Waals surface area (Å²) in [6.45, 7) is 4.54. The molecule has 0 aliphatic rings. The lowest BCUT2D eigenvalue weighted by Crippen LogP contribution is -2.40. The van der Waals surface area contributed by atoms with E-state index in [-0.39, 0.29) is 24.4 Å². The highest BCUT2D eigenvalue weighted by molar-refractivity contribution is 5.94. The van der Waals surface area contributed by atoms with E-state index in [2.05, 4.69) is 12.2 Å². The fraction of sp³-hybridized carbons (Fsp3) is 0.533. The molecule has 0 bridgehead atoms. The van der Waals surface area contributed by atoms with Crippen LogP contribution in [0.25, 0.3) is 0 Å². The third kappa shape index (κ3) is 5.39. The summed E-state index contributed by atoms with van der Waals surface area (Å²) in [4.78, 5) is 12.1. The minimum atomic E-state index is -0.0927. The van der Waals surface area contributed by atoms with E-state index in [1.807, 2.05) is 13.0 Å². The molecule has 0 spiro atoms. The Morgan fingerprint density at radius 3 is 2.70 bits per heavy atom. The lowest BCUT2D eigenvalue weighted by atomic mass is 10.1. The predicted octanol–water partition coefficient (Wildman–Crippen LogP) is 2.67. The summed E-state index contributed by atoms with van der Waals surface area (Å²) in [5, 5.41) is 2.97. The molecule has 0 saturated carbocycles. The van der Waals surface area contributed by atoms with Crippen molar-refractivity contribution in [2.24, 2.45) is 5.73 Å². The molecule has 1 atom stereocenters. The molecule has 0 aliphatic heterocycles. The van der Waals surface area contributed by atoms with Gasteiger partial charge in [0.15, 0.2) is 0 Å². The Kier molecular flexibility index (Phi) is 9.01. The van der Waals surface area contributed by atoms with E-state index in [4.69, 9.17) is 10.5 Å². The minimum absolute atomic E-state index is 0. The average Bonchev–Trinajstić information content (AvgIpc) is 2.43. The zero-order valence-electron chi connectivity index (χ0n) is 12.4. The van der Waals surface area contributed by atoms with Crippen LogP contribution in [0.2, 0.25) is 0 Å². The van der Waals surface area contributed by atoms with Gasteiger partial charge < -0.3 is 15.8 Å². The normalized spacial score (nSPS) is 11.4. The number of halogens is 1. The van der Waals surface area contributed by atoms with Crippen LogP contribution in [-0.2, 0) is 0 Å². The number of benzene rings is 1. The maximum atomic E-state index is 12.1. The summed E-state index contributed by atoms with van der Waals surface area (Å²) in [6, 6.07) is 5.50. The lowest BCUT2D eigenvalue weighted by Gasteiger charge is -2.17. The second-order valence-electron chi connectivity index (χ2n) is 4.73. The van der Waals surface area contributed by atoms with Crippen LogP contribution >= 0.6 is 12.4 Å². The molecule has 0 aliphatic carbocycles. The topological polar surface area (TPSA) is 64.3 Å². The number of unbranched alkanes of at least 4 members (excludes halogenated alkanes) is 1. The number of amides is 1. The number of aryl methyl sites for hydroxylation is 1. The quantitative estimate of drug-likeness (QED) is 0.813. The molecule has 0 fully saturated rings. The van der Waals surface area contributed by atoms with Crippen molar-refractivity contribution in [2.75, 3.05) is 13.7 Å². The van der Waals surface area contributed by atoms with E-state index in [9.17, 15) is 4.79 Å². The molecule has 0 radical (unpaired) electrons. The van der Waals surface area contributed by atoms with Crippen molar-refractivity contribution in [3.8, 4) is 5.75 Å². The van der Waals surface area contributed by atoms with Crippen LogP contribution in [0.15, 0.2) is 18.2 Å². The van der Waals surface area contributed by atoms with E-state index < -0.39 is 0 Å². The first kappa shape index (κ1) is 18.7. The van der Waals surface area contributed by atoms with Gasteiger partial charge in [-0.3, -0.25) is 4.79 Å². The van der Waals surface area contributed by atoms with Crippen molar-refractivity contribution < 1.29 is 9.53 Å². The third-order valence-corrected chi connectivity index (χ3v) is 3.20. The fourth-order valence-corrected chi connectivity index (χ4v) is 1.93. The molecule has 20 heavy (non-hydrogen) atoms. The Bertz CT molecular complexity index is 424. The first-order valence-electron chi connectivity index (χ1n) is 6.78. The number of methoxy groups -OCH3 is 1. The van der Waals surface area contributed by atoms with Crippen LogP contribution in [-0.4, -0.2) is 25.6 Å². The number of nitrogens with two attached hydrogens (primary N) is 1. The molecule has 1 rings (SSSR count). The maximum absolute atomic E-state index is 12.1. The standard InChI is InChI=1S/C15H24N2O2.ClH/c1-4-5-6-13(10-16)17-15(18)12-8-7-11(2)14(9-12)19-3;/h7-9,13H,4-6,10,16H2,1-3H3,(H,17,18);1H. The van der Waals surface area contributed by atoms with E-state index in [1.54, 1.807) is 19.2 Å². The summed E-state index contributed by atoms with van der Waals surface area (Å²) >= 11 is 0. The van der Waals surface area contributed by atoms with Crippen molar-refractivity contribution >= 4 is 18.3 Å². The Labute approximate surface area is 127 Å². The summed E-state index contributed by atoms with van der Waals surface area (Å²) in [7, 11) is 1.61. The predicted molar refractivity (Wildman–Crippen MR) is 84.8 cm³/mol. The van der Waals surface area contributed by atoms with Gasteiger partial charge in [-0.1, -0.05) is 25.8 Å². The van der Waals surface area contributed by atoms with Gasteiger partial charge in [0.1, 0.15) is 5.75 Å². The van der Waals surface area contributed by atoms with Crippen LogP contribution in [0.3, 0.4) is 0 Å². The molecule has 1 aromatic carbocycles. The minimum Gasteiger partial charge on any atom is -0.496 e. The number of hydrogen-bond acceptors (Lipinski definition) is 3. The Morgan fingerprint density at radius 1 is 1.45 bits per heavy atom. The van der Waals surface area contributed by atoms with Crippen LogP contribution in [0.4, 0.5) is 0 Å². The van der Waals surface area contributed by atoms with Gasteiger partial charge in [0.05, 0.1) is 7.11 Å². The Morgan fingerprint density at radius 2 is 2.15 bits per heavy atom. The van der Waals surface area contributed by atoms with Crippen molar-refractivity contribution in [2.45, 2.75) is 39.2 Å². The molecule has 3 N–H and O–H groups in total. The average molecular weight is 301 g/mol. The van der Waals surface area contributed by atoms with Crippen LogP contribution < -0.4 is 15.8 Å². The van der Waals surface area contributed by atoms with E-state index >= 15 is 0 Å². The number of ether oxygens (including phenoxy) is 1. The molecule has 0 aromatic heterocycles. The molecular formula is C15H25ClN2O2. The number of carbonyl (C=O) groups is 1. The lowest BCUT2D eigenvalue weighted by molar-refractivity contribution is 0.0935. The number of carbonyl (C=O) groups excluding carboxylic acids is 1. The van der Waals surface area contributed by atoms with Crippen LogP contribution in [0.5, 0.6) is 5.75 Å². The molecule has 114 valence electrons. The summed E-state index contributed by atoms with van der Waals surface area (Å²) in [6.07, 6.45) is 3.09. The number of hydrogen-bond donors (Lipinski definition) is 2. The largest absolute Gasteiger partial charge is 0.496 e. The van der Waals surface area contributed by atoms with Crippen molar-refractivity contribution in [3.63, 3.8) is 0 Å². The number of rotatable bonds is 7. The maximum Gasteiger partial charge on any atom is 0.251 e. The van der Waals surface area contributed by atoms with Gasteiger partial charge in [-0.15, -0.1) is 12.4 Å². The second-order valence-corrected chi connectivity index (χ2v) is 4.73. The van der Waals surface area contributed by atoms with Gasteiger partial charge in [0, 0.05) is 18.2 Å². The molecule has 0 heterocycles. The Balaban J connectivity index is 0.00000361. The van der Waals surface area contributed by atoms with Gasteiger partial charge >= 0.3 is 0 Å². The summed E-state index contributed by atoms with van der Waals surface area (Å²) in [5.74, 6) is 0.635. The molecule has 1 amide bonds. The molecule has 1 aromatic rings. The third-order valence-electron chi connectivity index (χ3n) is 3.20. The molecule has 0 saturated heterocycles. The highest BCUT2D eigenvalue weighted by atomic mass is 35.5. The van der Waals surface area contributed by atoms with Gasteiger partial charge in [-0.25, -0.2) is 0 Å². The second kappa shape index (κ2) is 9.61. The Hall–Kier alpha value is -1.26. The number of nitrogens with one attached hydrogen (secondary N) is 1. The van der Waals surface area contributed by atoms with Crippen LogP contribution in [0.1, 0.15) is 42.1 Å². The zero-order valence-corrected chi connectivity index (χ0v) is 13.3. The van der Waals surface area contributed by atoms with Crippen molar-refractivity contribution in [1.82, 2.24) is 5.32 Å². The first-order valence-corrected chi connectivity index (χ1v) is 6.78. The zero-order chi connectivity index (χ0) is 14.3. The monoisotopic (exact) mass is 300 g/mol. The fourth-order valence-electron chi connectivity index (χ4n) is 1.93. The van der Waals surface area contributed by atoms with Crippen molar-refractivity contribution in [3.05, 3.63) is 29.3 Å². The summed E-state index contributed by atoms with van der Waals surface area (Å²) < 4.78 is 5.23. The van der Waals surface area contributed by atoms with Gasteiger partial charge in [-0.2, -0.15) is 0 Å². The van der Waals surface area contributed by atoms with E-state index in [1.165, 1.54) is 0 Å².